The summed E-state index contributed by atoms with van der Waals surface area (Å²) in [4.78, 5) is 32.9. The van der Waals surface area contributed by atoms with Crippen molar-refractivity contribution >= 4 is 27.3 Å². The van der Waals surface area contributed by atoms with E-state index in [1.807, 2.05) is 16.3 Å². The number of aromatic nitrogens is 2. The molecule has 1 aromatic carbocycles. The number of benzene rings is 1. The standard InChI is InChI=1S/C21H25N3O4S/c1-3-9-24(12-19-22-18-8-10-29-20(18)21(27)23-19)11-16(26)13-28-17-6-4-15(5-7-17)14(2)25/h4-8,10,16,26H,3,9,11-13H2,1-2H3,(H,22,23,27)/t16-/m1/s1. The van der Waals surface area contributed by atoms with Crippen molar-refractivity contribution in [3.8, 4) is 5.75 Å². The largest absolute Gasteiger partial charge is 0.491 e. The number of fused-ring (bicyclic) bond motifs is 1. The van der Waals surface area contributed by atoms with Gasteiger partial charge >= 0.3 is 0 Å². The van der Waals surface area contributed by atoms with Gasteiger partial charge in [-0.2, -0.15) is 0 Å². The number of Topliss-reactive ketones (excluding diaryl/α,β-unsaturated/α-hetero) is 1. The maximum atomic E-state index is 12.2. The molecule has 8 heteroatoms. The molecule has 0 aliphatic rings. The lowest BCUT2D eigenvalue weighted by Crippen LogP contribution is -2.36. The van der Waals surface area contributed by atoms with Crippen molar-refractivity contribution in [1.82, 2.24) is 14.9 Å². The zero-order chi connectivity index (χ0) is 20.8. The van der Waals surface area contributed by atoms with Crippen LogP contribution >= 0.6 is 11.3 Å². The minimum Gasteiger partial charge on any atom is -0.491 e. The van der Waals surface area contributed by atoms with Crippen LogP contribution in [0.15, 0.2) is 40.5 Å². The smallest absolute Gasteiger partial charge is 0.268 e. The van der Waals surface area contributed by atoms with E-state index in [2.05, 4.69) is 16.9 Å². The lowest BCUT2D eigenvalue weighted by Gasteiger charge is -2.24. The van der Waals surface area contributed by atoms with Gasteiger partial charge in [-0.1, -0.05) is 6.92 Å². The topological polar surface area (TPSA) is 95.5 Å². The highest BCUT2D eigenvalue weighted by molar-refractivity contribution is 7.17. The van der Waals surface area contributed by atoms with Crippen LogP contribution in [-0.2, 0) is 6.54 Å². The van der Waals surface area contributed by atoms with E-state index in [4.69, 9.17) is 4.74 Å². The number of aromatic amines is 1. The highest BCUT2D eigenvalue weighted by Gasteiger charge is 2.15. The minimum atomic E-state index is -0.703. The Kier molecular flexibility index (Phi) is 7.13. The van der Waals surface area contributed by atoms with Gasteiger partial charge in [-0.3, -0.25) is 14.5 Å². The number of hydrogen-bond acceptors (Lipinski definition) is 7. The molecule has 7 nitrogen and oxygen atoms in total. The van der Waals surface area contributed by atoms with Gasteiger partial charge in [0, 0.05) is 12.1 Å². The molecule has 154 valence electrons. The van der Waals surface area contributed by atoms with E-state index in [9.17, 15) is 14.7 Å². The van der Waals surface area contributed by atoms with E-state index in [1.54, 1.807) is 24.3 Å². The Hall–Kier alpha value is -2.55. The number of carbonyl (C=O) groups excluding carboxylic acids is 1. The quantitative estimate of drug-likeness (QED) is 0.495. The summed E-state index contributed by atoms with van der Waals surface area (Å²) in [5.41, 5.74) is 1.19. The number of aliphatic hydroxyl groups excluding tert-OH is 1. The molecule has 0 saturated carbocycles. The molecule has 0 bridgehead atoms. The van der Waals surface area contributed by atoms with Crippen molar-refractivity contribution in [1.29, 1.82) is 0 Å². The summed E-state index contributed by atoms with van der Waals surface area (Å²) in [6, 6.07) is 8.69. The third-order valence-corrected chi connectivity index (χ3v) is 5.35. The van der Waals surface area contributed by atoms with E-state index >= 15 is 0 Å². The van der Waals surface area contributed by atoms with E-state index < -0.39 is 6.10 Å². The zero-order valence-electron chi connectivity index (χ0n) is 16.6. The second-order valence-electron chi connectivity index (χ2n) is 6.93. The first-order valence-corrected chi connectivity index (χ1v) is 10.4. The summed E-state index contributed by atoms with van der Waals surface area (Å²) in [7, 11) is 0. The third-order valence-electron chi connectivity index (χ3n) is 4.45. The molecule has 0 amide bonds. The molecular formula is C21H25N3O4S. The number of aliphatic hydroxyl groups is 1. The van der Waals surface area contributed by atoms with Crippen LogP contribution in [0.2, 0.25) is 0 Å². The maximum absolute atomic E-state index is 12.2. The summed E-state index contributed by atoms with van der Waals surface area (Å²) in [5.74, 6) is 1.19. The number of thiophene rings is 1. The third kappa shape index (κ3) is 5.72. The summed E-state index contributed by atoms with van der Waals surface area (Å²) >= 11 is 1.37. The summed E-state index contributed by atoms with van der Waals surface area (Å²) in [6.45, 7) is 5.30. The second kappa shape index (κ2) is 9.78. The van der Waals surface area contributed by atoms with Crippen molar-refractivity contribution in [2.75, 3.05) is 19.7 Å². The van der Waals surface area contributed by atoms with Gasteiger partial charge in [-0.15, -0.1) is 11.3 Å². The van der Waals surface area contributed by atoms with Gasteiger partial charge in [-0.05, 0) is 55.6 Å². The first kappa shape index (κ1) is 21.2. The van der Waals surface area contributed by atoms with Gasteiger partial charge in [0.2, 0.25) is 0 Å². The molecule has 0 radical (unpaired) electrons. The Morgan fingerprint density at radius 3 is 2.76 bits per heavy atom. The molecule has 3 rings (SSSR count). The number of nitrogens with one attached hydrogen (secondary N) is 1. The van der Waals surface area contributed by atoms with Gasteiger partial charge < -0.3 is 14.8 Å². The number of rotatable bonds is 10. The fourth-order valence-corrected chi connectivity index (χ4v) is 3.81. The van der Waals surface area contributed by atoms with Crippen LogP contribution in [0.1, 0.15) is 36.5 Å². The predicted octanol–water partition coefficient (Wildman–Crippen LogP) is 2.84. The van der Waals surface area contributed by atoms with Crippen molar-refractivity contribution in [3.63, 3.8) is 0 Å². The average molecular weight is 416 g/mol. The summed E-state index contributed by atoms with van der Waals surface area (Å²) in [6.07, 6.45) is 0.205. The van der Waals surface area contributed by atoms with Gasteiger partial charge in [0.25, 0.3) is 5.56 Å². The molecule has 3 aromatic rings. The van der Waals surface area contributed by atoms with Crippen molar-refractivity contribution < 1.29 is 14.6 Å². The molecule has 2 N–H and O–H groups in total. The van der Waals surface area contributed by atoms with Crippen LogP contribution in [0.25, 0.3) is 10.2 Å². The first-order chi connectivity index (χ1) is 14.0. The maximum Gasteiger partial charge on any atom is 0.268 e. The molecule has 1 atom stereocenters. The molecule has 0 unspecified atom stereocenters. The Morgan fingerprint density at radius 2 is 2.07 bits per heavy atom. The Labute approximate surface area is 173 Å². The van der Waals surface area contributed by atoms with Gasteiger partial charge in [0.05, 0.1) is 12.1 Å². The SMILES string of the molecule is CCCN(Cc1nc2ccsc2c(=O)[nH]1)C[C@@H](O)COc1ccc(C(C)=O)cc1. The first-order valence-electron chi connectivity index (χ1n) is 9.57. The van der Waals surface area contributed by atoms with E-state index in [-0.39, 0.29) is 17.9 Å². The number of H-pyrrole nitrogens is 1. The fraction of sp³-hybridized carbons (Fsp3) is 0.381. The Bertz CT molecular complexity index is 1010. The van der Waals surface area contributed by atoms with Crippen LogP contribution in [0.5, 0.6) is 5.75 Å². The molecule has 0 saturated heterocycles. The molecule has 0 aliphatic heterocycles. The van der Waals surface area contributed by atoms with Gasteiger partial charge in [-0.25, -0.2) is 4.98 Å². The second-order valence-corrected chi connectivity index (χ2v) is 7.84. The number of nitrogens with zero attached hydrogens (tertiary/aromatic N) is 2. The van der Waals surface area contributed by atoms with Crippen molar-refractivity contribution in [2.24, 2.45) is 0 Å². The lowest BCUT2D eigenvalue weighted by molar-refractivity contribution is 0.0647. The highest BCUT2D eigenvalue weighted by Crippen LogP contribution is 2.15. The number of hydrogen-bond donors (Lipinski definition) is 2. The zero-order valence-corrected chi connectivity index (χ0v) is 17.4. The van der Waals surface area contributed by atoms with Gasteiger partial charge in [0.15, 0.2) is 5.78 Å². The molecular weight excluding hydrogens is 390 g/mol. The molecule has 2 heterocycles. The Morgan fingerprint density at radius 1 is 1.31 bits per heavy atom. The number of carbonyl (C=O) groups is 1. The predicted molar refractivity (Wildman–Crippen MR) is 114 cm³/mol. The van der Waals surface area contributed by atoms with Crippen LogP contribution in [0, 0.1) is 0 Å². The number of ether oxygens (including phenoxy) is 1. The van der Waals surface area contributed by atoms with Crippen molar-refractivity contribution in [2.45, 2.75) is 32.9 Å². The fourth-order valence-electron chi connectivity index (χ4n) is 3.09. The molecule has 0 fully saturated rings. The Balaban J connectivity index is 1.58. The van der Waals surface area contributed by atoms with E-state index in [1.165, 1.54) is 18.3 Å². The van der Waals surface area contributed by atoms with Crippen LogP contribution in [0.3, 0.4) is 0 Å². The van der Waals surface area contributed by atoms with Crippen molar-refractivity contribution in [3.05, 3.63) is 57.5 Å². The normalized spacial score (nSPS) is 12.4. The van der Waals surface area contributed by atoms with Crippen LogP contribution < -0.4 is 10.3 Å². The van der Waals surface area contributed by atoms with Gasteiger partial charge in [0.1, 0.15) is 29.0 Å². The molecule has 0 spiro atoms. The summed E-state index contributed by atoms with van der Waals surface area (Å²) < 4.78 is 6.26. The monoisotopic (exact) mass is 415 g/mol. The van der Waals surface area contributed by atoms with Crippen LogP contribution in [-0.4, -0.2) is 51.6 Å². The van der Waals surface area contributed by atoms with E-state index in [0.717, 1.165) is 13.0 Å². The average Bonchev–Trinajstić information content (AvgIpc) is 3.16. The number of ketones is 1. The van der Waals surface area contributed by atoms with Crippen LogP contribution in [0.4, 0.5) is 0 Å². The minimum absolute atomic E-state index is 0.000850. The molecule has 2 aromatic heterocycles. The lowest BCUT2D eigenvalue weighted by atomic mass is 10.1. The summed E-state index contributed by atoms with van der Waals surface area (Å²) in [5, 5.41) is 12.3. The molecule has 0 aliphatic carbocycles. The van der Waals surface area contributed by atoms with E-state index in [0.29, 0.717) is 40.4 Å². The molecule has 29 heavy (non-hydrogen) atoms. The highest BCUT2D eigenvalue weighted by atomic mass is 32.1.